The first kappa shape index (κ1) is 22.0. The second-order valence-corrected chi connectivity index (χ2v) is 7.39. The topological polar surface area (TPSA) is 64.6 Å². The van der Waals surface area contributed by atoms with Crippen molar-refractivity contribution in [3.8, 4) is 5.75 Å². The van der Waals surface area contributed by atoms with E-state index in [0.717, 1.165) is 17.3 Å². The zero-order valence-electron chi connectivity index (χ0n) is 16.2. The molecule has 2 aromatic carbocycles. The number of amides is 1. The Morgan fingerprint density at radius 1 is 1.00 bits per heavy atom. The Hall–Kier alpha value is -2.34. The molecule has 1 N–H and O–H groups in total. The molecular formula is C22H26BrNO4. The van der Waals surface area contributed by atoms with Crippen LogP contribution in [0.15, 0.2) is 53.0 Å². The molecule has 0 radical (unpaired) electrons. The Morgan fingerprint density at radius 2 is 1.68 bits per heavy atom. The van der Waals surface area contributed by atoms with Crippen molar-refractivity contribution in [2.75, 3.05) is 11.9 Å². The van der Waals surface area contributed by atoms with Crippen molar-refractivity contribution in [2.24, 2.45) is 0 Å². The predicted molar refractivity (Wildman–Crippen MR) is 114 cm³/mol. The third-order valence-electron chi connectivity index (χ3n) is 4.12. The Morgan fingerprint density at radius 3 is 2.32 bits per heavy atom. The quantitative estimate of drug-likeness (QED) is 0.380. The Labute approximate surface area is 174 Å². The minimum Gasteiger partial charge on any atom is -0.494 e. The van der Waals surface area contributed by atoms with Crippen molar-refractivity contribution in [1.29, 1.82) is 0 Å². The molecule has 0 heterocycles. The highest BCUT2D eigenvalue weighted by Gasteiger charge is 2.19. The van der Waals surface area contributed by atoms with Gasteiger partial charge in [0.1, 0.15) is 5.75 Å². The Kier molecular flexibility index (Phi) is 9.01. The van der Waals surface area contributed by atoms with E-state index < -0.39 is 12.1 Å². The van der Waals surface area contributed by atoms with Gasteiger partial charge in [-0.15, -0.1) is 0 Å². The van der Waals surface area contributed by atoms with Crippen LogP contribution in [0, 0.1) is 0 Å². The normalized spacial score (nSPS) is 11.5. The highest BCUT2D eigenvalue weighted by atomic mass is 79.9. The number of nitrogens with one attached hydrogen (secondary N) is 1. The molecule has 0 spiro atoms. The number of ether oxygens (including phenoxy) is 2. The minimum atomic E-state index is -0.911. The van der Waals surface area contributed by atoms with Gasteiger partial charge in [-0.25, -0.2) is 4.79 Å². The smallest absolute Gasteiger partial charge is 0.338 e. The number of carbonyl (C=O) groups excluding carboxylic acids is 2. The average molecular weight is 448 g/mol. The molecule has 28 heavy (non-hydrogen) atoms. The number of unbranched alkanes of at least 4 members (excludes halogenated alkanes) is 3. The highest BCUT2D eigenvalue weighted by Crippen LogP contribution is 2.16. The van der Waals surface area contributed by atoms with Crippen molar-refractivity contribution in [2.45, 2.75) is 45.6 Å². The van der Waals surface area contributed by atoms with E-state index in [1.54, 1.807) is 43.3 Å². The molecule has 0 saturated heterocycles. The molecule has 0 aromatic heterocycles. The molecule has 150 valence electrons. The number of hydrogen-bond donors (Lipinski definition) is 1. The van der Waals surface area contributed by atoms with Gasteiger partial charge in [0.2, 0.25) is 0 Å². The van der Waals surface area contributed by atoms with E-state index in [9.17, 15) is 9.59 Å². The molecule has 6 heteroatoms. The van der Waals surface area contributed by atoms with Crippen LogP contribution in [0.2, 0.25) is 0 Å². The third kappa shape index (κ3) is 7.35. The van der Waals surface area contributed by atoms with Crippen molar-refractivity contribution >= 4 is 33.5 Å². The predicted octanol–water partition coefficient (Wildman–Crippen LogP) is 5.59. The van der Waals surface area contributed by atoms with E-state index in [-0.39, 0.29) is 5.91 Å². The van der Waals surface area contributed by atoms with Crippen LogP contribution in [0.5, 0.6) is 5.75 Å². The Balaban J connectivity index is 1.80. The fraction of sp³-hybridized carbons (Fsp3) is 0.364. The van der Waals surface area contributed by atoms with E-state index in [0.29, 0.717) is 23.6 Å². The maximum atomic E-state index is 12.3. The SMILES string of the molecule is CCCCCCOc1ccc(C(=O)OC(C)C(=O)Nc2ccc(Br)cc2)cc1. The summed E-state index contributed by atoms with van der Waals surface area (Å²) >= 11 is 3.34. The summed E-state index contributed by atoms with van der Waals surface area (Å²) in [5.41, 5.74) is 1.01. The summed E-state index contributed by atoms with van der Waals surface area (Å²) < 4.78 is 11.8. The van der Waals surface area contributed by atoms with Crippen LogP contribution in [0.3, 0.4) is 0 Å². The summed E-state index contributed by atoms with van der Waals surface area (Å²) in [5.74, 6) is -0.218. The molecule has 1 unspecified atom stereocenters. The molecule has 2 aromatic rings. The van der Waals surface area contributed by atoms with Gasteiger partial charge in [-0.3, -0.25) is 4.79 Å². The van der Waals surface area contributed by atoms with E-state index in [1.165, 1.54) is 12.8 Å². The first-order valence-corrected chi connectivity index (χ1v) is 10.3. The number of hydrogen-bond acceptors (Lipinski definition) is 4. The Bertz CT molecular complexity index is 759. The molecule has 2 rings (SSSR count). The van der Waals surface area contributed by atoms with Crippen LogP contribution in [-0.4, -0.2) is 24.6 Å². The lowest BCUT2D eigenvalue weighted by Crippen LogP contribution is -2.29. The zero-order chi connectivity index (χ0) is 20.4. The van der Waals surface area contributed by atoms with Gasteiger partial charge in [-0.05, 0) is 61.9 Å². The van der Waals surface area contributed by atoms with E-state index in [4.69, 9.17) is 9.47 Å². The molecular weight excluding hydrogens is 422 g/mol. The van der Waals surface area contributed by atoms with Crippen LogP contribution >= 0.6 is 15.9 Å². The molecule has 0 aliphatic rings. The summed E-state index contributed by atoms with van der Waals surface area (Å²) in [7, 11) is 0. The number of anilines is 1. The average Bonchev–Trinajstić information content (AvgIpc) is 2.70. The molecule has 5 nitrogen and oxygen atoms in total. The van der Waals surface area contributed by atoms with E-state index >= 15 is 0 Å². The number of rotatable bonds is 10. The molecule has 0 aliphatic heterocycles. The number of carbonyl (C=O) groups is 2. The second-order valence-electron chi connectivity index (χ2n) is 6.48. The first-order valence-electron chi connectivity index (χ1n) is 9.50. The molecule has 1 amide bonds. The molecule has 1 atom stereocenters. The fourth-order valence-electron chi connectivity index (χ4n) is 2.47. The van der Waals surface area contributed by atoms with Gasteiger partial charge in [0.05, 0.1) is 12.2 Å². The van der Waals surface area contributed by atoms with Crippen LogP contribution in [-0.2, 0) is 9.53 Å². The molecule has 0 saturated carbocycles. The van der Waals surface area contributed by atoms with Crippen LogP contribution in [0.25, 0.3) is 0 Å². The molecule has 0 aliphatic carbocycles. The molecule has 0 fully saturated rings. The third-order valence-corrected chi connectivity index (χ3v) is 4.65. The largest absolute Gasteiger partial charge is 0.494 e. The van der Waals surface area contributed by atoms with Crippen LogP contribution in [0.4, 0.5) is 5.69 Å². The van der Waals surface area contributed by atoms with Crippen molar-refractivity contribution < 1.29 is 19.1 Å². The van der Waals surface area contributed by atoms with Crippen LogP contribution < -0.4 is 10.1 Å². The maximum absolute atomic E-state index is 12.3. The molecule has 0 bridgehead atoms. The van der Waals surface area contributed by atoms with Gasteiger partial charge < -0.3 is 14.8 Å². The van der Waals surface area contributed by atoms with Crippen LogP contribution in [0.1, 0.15) is 49.9 Å². The fourth-order valence-corrected chi connectivity index (χ4v) is 2.73. The van der Waals surface area contributed by atoms with E-state index in [2.05, 4.69) is 28.2 Å². The second kappa shape index (κ2) is 11.5. The van der Waals surface area contributed by atoms with Gasteiger partial charge in [0.15, 0.2) is 6.10 Å². The highest BCUT2D eigenvalue weighted by molar-refractivity contribution is 9.10. The van der Waals surface area contributed by atoms with Gasteiger partial charge in [0.25, 0.3) is 5.91 Å². The van der Waals surface area contributed by atoms with Gasteiger partial charge in [0, 0.05) is 10.2 Å². The summed E-state index contributed by atoms with van der Waals surface area (Å²) in [6.07, 6.45) is 3.66. The number of benzene rings is 2. The lowest BCUT2D eigenvalue weighted by Gasteiger charge is -2.14. The van der Waals surface area contributed by atoms with Crippen molar-refractivity contribution in [1.82, 2.24) is 0 Å². The van der Waals surface area contributed by atoms with Crippen molar-refractivity contribution in [3.05, 3.63) is 58.6 Å². The van der Waals surface area contributed by atoms with Gasteiger partial charge in [-0.2, -0.15) is 0 Å². The standard InChI is InChI=1S/C22H26BrNO4/c1-3-4-5-6-15-27-20-13-7-17(8-14-20)22(26)28-16(2)21(25)24-19-11-9-18(23)10-12-19/h7-14,16H,3-6,15H2,1-2H3,(H,24,25). The monoisotopic (exact) mass is 447 g/mol. The lowest BCUT2D eigenvalue weighted by atomic mass is 10.2. The van der Waals surface area contributed by atoms with E-state index in [1.807, 2.05) is 12.1 Å². The van der Waals surface area contributed by atoms with Crippen molar-refractivity contribution in [3.63, 3.8) is 0 Å². The summed E-state index contributed by atoms with van der Waals surface area (Å²) in [6.45, 7) is 4.38. The lowest BCUT2D eigenvalue weighted by molar-refractivity contribution is -0.123. The maximum Gasteiger partial charge on any atom is 0.338 e. The minimum absolute atomic E-state index is 0.377. The first-order chi connectivity index (χ1) is 13.5. The summed E-state index contributed by atoms with van der Waals surface area (Å²) in [6, 6.07) is 13.9. The zero-order valence-corrected chi connectivity index (χ0v) is 17.8. The number of esters is 1. The van der Waals surface area contributed by atoms with Gasteiger partial charge >= 0.3 is 5.97 Å². The summed E-state index contributed by atoms with van der Waals surface area (Å²) in [4.78, 5) is 24.4. The van der Waals surface area contributed by atoms with Gasteiger partial charge in [-0.1, -0.05) is 42.1 Å². The summed E-state index contributed by atoms with van der Waals surface area (Å²) in [5, 5.41) is 2.72. The number of halogens is 1.